The van der Waals surface area contributed by atoms with E-state index in [4.69, 9.17) is 10.5 Å². The van der Waals surface area contributed by atoms with Crippen LogP contribution in [0.3, 0.4) is 0 Å². The SMILES string of the molecule is COc1ccc(C(C)C)c(N)c1. The summed E-state index contributed by atoms with van der Waals surface area (Å²) < 4.78 is 5.05. The van der Waals surface area contributed by atoms with Crippen LogP contribution in [-0.2, 0) is 0 Å². The van der Waals surface area contributed by atoms with Gasteiger partial charge in [0.1, 0.15) is 5.75 Å². The summed E-state index contributed by atoms with van der Waals surface area (Å²) in [6.45, 7) is 4.25. The molecule has 0 bridgehead atoms. The van der Waals surface area contributed by atoms with Gasteiger partial charge < -0.3 is 10.5 Å². The molecular formula is C10H15NO. The van der Waals surface area contributed by atoms with Crippen LogP contribution in [0, 0.1) is 0 Å². The van der Waals surface area contributed by atoms with Crippen LogP contribution in [0.5, 0.6) is 5.75 Å². The Labute approximate surface area is 73.3 Å². The number of anilines is 1. The van der Waals surface area contributed by atoms with Gasteiger partial charge in [-0.1, -0.05) is 19.9 Å². The number of nitrogen functional groups attached to an aromatic ring is 1. The van der Waals surface area contributed by atoms with Crippen LogP contribution in [0.4, 0.5) is 5.69 Å². The molecule has 0 aliphatic carbocycles. The number of benzene rings is 1. The summed E-state index contributed by atoms with van der Waals surface area (Å²) in [5, 5.41) is 0. The lowest BCUT2D eigenvalue weighted by Crippen LogP contribution is -1.96. The van der Waals surface area contributed by atoms with E-state index in [1.807, 2.05) is 18.2 Å². The third-order valence-corrected chi connectivity index (χ3v) is 1.92. The van der Waals surface area contributed by atoms with Gasteiger partial charge in [-0.3, -0.25) is 0 Å². The molecule has 0 aliphatic rings. The van der Waals surface area contributed by atoms with Crippen molar-refractivity contribution in [2.45, 2.75) is 19.8 Å². The maximum Gasteiger partial charge on any atom is 0.120 e. The van der Waals surface area contributed by atoms with Gasteiger partial charge in [0.25, 0.3) is 0 Å². The minimum atomic E-state index is 0.468. The Bertz CT molecular complexity index is 269. The van der Waals surface area contributed by atoms with Crippen LogP contribution in [-0.4, -0.2) is 7.11 Å². The van der Waals surface area contributed by atoms with Gasteiger partial charge in [-0.2, -0.15) is 0 Å². The summed E-state index contributed by atoms with van der Waals surface area (Å²) in [6, 6.07) is 5.81. The normalized spacial score (nSPS) is 10.3. The van der Waals surface area contributed by atoms with Crippen LogP contribution >= 0.6 is 0 Å². The quantitative estimate of drug-likeness (QED) is 0.683. The molecule has 2 nitrogen and oxygen atoms in total. The van der Waals surface area contributed by atoms with E-state index in [0.717, 1.165) is 11.4 Å². The molecule has 1 aromatic carbocycles. The van der Waals surface area contributed by atoms with E-state index < -0.39 is 0 Å². The number of rotatable bonds is 2. The topological polar surface area (TPSA) is 35.2 Å². The molecule has 1 aromatic rings. The zero-order chi connectivity index (χ0) is 9.14. The molecule has 0 saturated carbocycles. The largest absolute Gasteiger partial charge is 0.497 e. The molecular weight excluding hydrogens is 150 g/mol. The lowest BCUT2D eigenvalue weighted by atomic mass is 10.0. The van der Waals surface area contributed by atoms with E-state index in [2.05, 4.69) is 13.8 Å². The predicted molar refractivity (Wildman–Crippen MR) is 51.5 cm³/mol. The minimum absolute atomic E-state index is 0.468. The first-order valence-electron chi connectivity index (χ1n) is 4.08. The van der Waals surface area contributed by atoms with Crippen molar-refractivity contribution in [1.29, 1.82) is 0 Å². The fraction of sp³-hybridized carbons (Fsp3) is 0.400. The number of ether oxygens (including phenoxy) is 1. The van der Waals surface area contributed by atoms with Gasteiger partial charge in [0.05, 0.1) is 7.11 Å². The zero-order valence-electron chi connectivity index (χ0n) is 7.79. The van der Waals surface area contributed by atoms with Gasteiger partial charge in [0.15, 0.2) is 0 Å². The average molecular weight is 165 g/mol. The first-order valence-corrected chi connectivity index (χ1v) is 4.08. The monoisotopic (exact) mass is 165 g/mol. The lowest BCUT2D eigenvalue weighted by molar-refractivity contribution is 0.415. The first-order chi connectivity index (χ1) is 5.65. The maximum atomic E-state index is 5.82. The Hall–Kier alpha value is -1.18. The van der Waals surface area contributed by atoms with Gasteiger partial charge in [0, 0.05) is 11.8 Å². The second-order valence-corrected chi connectivity index (χ2v) is 3.15. The molecule has 0 aromatic heterocycles. The lowest BCUT2D eigenvalue weighted by Gasteiger charge is -2.10. The Morgan fingerprint density at radius 1 is 1.33 bits per heavy atom. The molecule has 2 heteroatoms. The predicted octanol–water partition coefficient (Wildman–Crippen LogP) is 2.40. The van der Waals surface area contributed by atoms with Crippen LogP contribution < -0.4 is 10.5 Å². The van der Waals surface area contributed by atoms with Crippen molar-refractivity contribution >= 4 is 5.69 Å². The highest BCUT2D eigenvalue weighted by Gasteiger charge is 2.04. The summed E-state index contributed by atoms with van der Waals surface area (Å²) in [6.07, 6.45) is 0. The molecule has 0 radical (unpaired) electrons. The third kappa shape index (κ3) is 1.70. The molecule has 0 atom stereocenters. The van der Waals surface area contributed by atoms with Crippen LogP contribution in [0.25, 0.3) is 0 Å². The Morgan fingerprint density at radius 2 is 2.00 bits per heavy atom. The minimum Gasteiger partial charge on any atom is -0.497 e. The van der Waals surface area contributed by atoms with Crippen molar-refractivity contribution < 1.29 is 4.74 Å². The van der Waals surface area contributed by atoms with Crippen molar-refractivity contribution in [2.75, 3.05) is 12.8 Å². The molecule has 66 valence electrons. The maximum absolute atomic E-state index is 5.82. The number of hydrogen-bond acceptors (Lipinski definition) is 2. The van der Waals surface area contributed by atoms with Gasteiger partial charge in [0.2, 0.25) is 0 Å². The number of hydrogen-bond donors (Lipinski definition) is 1. The zero-order valence-corrected chi connectivity index (χ0v) is 7.79. The summed E-state index contributed by atoms with van der Waals surface area (Å²) in [5.41, 5.74) is 7.80. The molecule has 0 amide bonds. The highest BCUT2D eigenvalue weighted by Crippen LogP contribution is 2.25. The highest BCUT2D eigenvalue weighted by molar-refractivity contribution is 5.52. The molecule has 0 unspecified atom stereocenters. The average Bonchev–Trinajstić information content (AvgIpc) is 2.03. The van der Waals surface area contributed by atoms with Crippen molar-refractivity contribution in [3.8, 4) is 5.75 Å². The summed E-state index contributed by atoms with van der Waals surface area (Å²) >= 11 is 0. The molecule has 1 rings (SSSR count). The van der Waals surface area contributed by atoms with E-state index in [-0.39, 0.29) is 0 Å². The van der Waals surface area contributed by atoms with Crippen molar-refractivity contribution in [3.63, 3.8) is 0 Å². The molecule has 0 aliphatic heterocycles. The fourth-order valence-corrected chi connectivity index (χ4v) is 1.21. The molecule has 0 fully saturated rings. The molecule has 0 saturated heterocycles. The van der Waals surface area contributed by atoms with Gasteiger partial charge >= 0.3 is 0 Å². The summed E-state index contributed by atoms with van der Waals surface area (Å²) in [4.78, 5) is 0. The Balaban J connectivity index is 3.03. The molecule has 0 spiro atoms. The van der Waals surface area contributed by atoms with Crippen LogP contribution in [0.2, 0.25) is 0 Å². The second-order valence-electron chi connectivity index (χ2n) is 3.15. The van der Waals surface area contributed by atoms with E-state index in [9.17, 15) is 0 Å². The molecule has 0 heterocycles. The highest BCUT2D eigenvalue weighted by atomic mass is 16.5. The van der Waals surface area contributed by atoms with Crippen molar-refractivity contribution in [3.05, 3.63) is 23.8 Å². The van der Waals surface area contributed by atoms with Gasteiger partial charge in [-0.25, -0.2) is 0 Å². The van der Waals surface area contributed by atoms with Gasteiger partial charge in [-0.15, -0.1) is 0 Å². The summed E-state index contributed by atoms with van der Waals surface area (Å²) in [7, 11) is 1.64. The Kier molecular flexibility index (Phi) is 2.58. The molecule has 12 heavy (non-hydrogen) atoms. The fourth-order valence-electron chi connectivity index (χ4n) is 1.21. The Morgan fingerprint density at radius 3 is 2.42 bits per heavy atom. The molecule has 2 N–H and O–H groups in total. The number of nitrogens with two attached hydrogens (primary N) is 1. The smallest absolute Gasteiger partial charge is 0.120 e. The first kappa shape index (κ1) is 8.91. The van der Waals surface area contributed by atoms with E-state index in [0.29, 0.717) is 5.92 Å². The van der Waals surface area contributed by atoms with Crippen LogP contribution in [0.1, 0.15) is 25.3 Å². The van der Waals surface area contributed by atoms with Crippen molar-refractivity contribution in [2.24, 2.45) is 0 Å². The summed E-state index contributed by atoms with van der Waals surface area (Å²) in [5.74, 6) is 1.29. The standard InChI is InChI=1S/C10H15NO/c1-7(2)9-5-4-8(12-3)6-10(9)11/h4-7H,11H2,1-3H3. The number of methoxy groups -OCH3 is 1. The van der Waals surface area contributed by atoms with E-state index >= 15 is 0 Å². The van der Waals surface area contributed by atoms with E-state index in [1.165, 1.54) is 5.56 Å². The third-order valence-electron chi connectivity index (χ3n) is 1.92. The second kappa shape index (κ2) is 3.48. The van der Waals surface area contributed by atoms with Gasteiger partial charge in [-0.05, 0) is 17.5 Å². The van der Waals surface area contributed by atoms with Crippen LogP contribution in [0.15, 0.2) is 18.2 Å². The van der Waals surface area contributed by atoms with E-state index in [1.54, 1.807) is 7.11 Å². The van der Waals surface area contributed by atoms with Crippen molar-refractivity contribution in [1.82, 2.24) is 0 Å².